The van der Waals surface area contributed by atoms with Crippen molar-refractivity contribution in [3.05, 3.63) is 0 Å². The molecule has 0 aliphatic rings. The summed E-state index contributed by atoms with van der Waals surface area (Å²) in [7, 11) is 0. The summed E-state index contributed by atoms with van der Waals surface area (Å²) in [5, 5.41) is 0.610. The fourth-order valence-corrected chi connectivity index (χ4v) is 3.91. The van der Waals surface area contributed by atoms with E-state index in [1.165, 1.54) is 38.5 Å². The van der Waals surface area contributed by atoms with Crippen molar-refractivity contribution >= 4 is 11.9 Å². The number of carbonyl (C=O) groups excluding carboxylic acids is 2. The molecule has 0 rings (SSSR count). The average Bonchev–Trinajstić information content (AvgIpc) is 2.92. The molecule has 45 heavy (non-hydrogen) atoms. The fraction of sp³-hybridized carbons (Fsp3) is 0.923. The molecule has 0 spiro atoms. The first-order valence-corrected chi connectivity index (χ1v) is 14.1. The zero-order valence-electron chi connectivity index (χ0n) is 24.2. The highest BCUT2D eigenvalue weighted by Gasteiger charge is 2.94. The Labute approximate surface area is 249 Å². The standard InChI is InChI=1S/C26H36F15NO3/c1-2-3-4-5-6-7-8-9-10-11-12-13-14-15-16-45-18(43)17-42-19(44)20(27,28)21(29,30)22(31,32)23(33,34)24(35,36)25(37,38)26(39,40)41/h2-17H2,1H3,(H,42,44). The summed E-state index contributed by atoms with van der Waals surface area (Å²) in [5.41, 5.74) is 0. The van der Waals surface area contributed by atoms with Crippen LogP contribution in [-0.4, -0.2) is 66.7 Å². The maximum atomic E-state index is 13.8. The molecule has 0 aliphatic carbocycles. The zero-order valence-corrected chi connectivity index (χ0v) is 24.2. The smallest absolute Gasteiger partial charge is 0.460 e. The number of amides is 1. The largest absolute Gasteiger partial charge is 0.464 e. The molecule has 1 amide bonds. The lowest BCUT2D eigenvalue weighted by Crippen LogP contribution is -2.74. The number of halogens is 15. The minimum atomic E-state index is -8.50. The number of alkyl halides is 15. The predicted molar refractivity (Wildman–Crippen MR) is 130 cm³/mol. The van der Waals surface area contributed by atoms with Crippen molar-refractivity contribution in [2.24, 2.45) is 0 Å². The van der Waals surface area contributed by atoms with Gasteiger partial charge in [-0.2, -0.15) is 65.9 Å². The van der Waals surface area contributed by atoms with Crippen molar-refractivity contribution in [3.63, 3.8) is 0 Å². The molecule has 0 atom stereocenters. The summed E-state index contributed by atoms with van der Waals surface area (Å²) in [6.45, 7) is 0.0280. The van der Waals surface area contributed by atoms with Gasteiger partial charge >= 0.3 is 47.7 Å². The van der Waals surface area contributed by atoms with Crippen LogP contribution in [0.15, 0.2) is 0 Å². The molecule has 0 saturated heterocycles. The Morgan fingerprint density at radius 1 is 0.489 bits per heavy atom. The van der Waals surface area contributed by atoms with Crippen molar-refractivity contribution in [2.45, 2.75) is 139 Å². The summed E-state index contributed by atoms with van der Waals surface area (Å²) in [4.78, 5) is 22.9. The average molecular weight is 696 g/mol. The molecular weight excluding hydrogens is 659 g/mol. The highest BCUT2D eigenvalue weighted by Crippen LogP contribution is 2.62. The number of hydrogen-bond acceptors (Lipinski definition) is 3. The van der Waals surface area contributed by atoms with E-state index < -0.39 is 60.1 Å². The number of rotatable bonds is 23. The van der Waals surface area contributed by atoms with Crippen LogP contribution in [0.2, 0.25) is 0 Å². The molecule has 0 aliphatic heterocycles. The van der Waals surface area contributed by atoms with Gasteiger partial charge in [0.2, 0.25) is 0 Å². The van der Waals surface area contributed by atoms with E-state index in [0.717, 1.165) is 38.5 Å². The second-order valence-electron chi connectivity index (χ2n) is 10.4. The van der Waals surface area contributed by atoms with Crippen molar-refractivity contribution in [1.82, 2.24) is 5.32 Å². The molecule has 0 saturated carbocycles. The van der Waals surface area contributed by atoms with Gasteiger partial charge in [-0.25, -0.2) is 0 Å². The fourth-order valence-electron chi connectivity index (χ4n) is 3.91. The molecule has 0 aromatic heterocycles. The Morgan fingerprint density at radius 3 is 1.20 bits per heavy atom. The minimum Gasteiger partial charge on any atom is -0.464 e. The normalized spacial score (nSPS) is 14.0. The molecule has 19 heteroatoms. The molecule has 268 valence electrons. The molecule has 1 N–H and O–H groups in total. The highest BCUT2D eigenvalue weighted by molar-refractivity contribution is 5.88. The maximum Gasteiger partial charge on any atom is 0.460 e. The van der Waals surface area contributed by atoms with Gasteiger partial charge in [0.1, 0.15) is 6.54 Å². The van der Waals surface area contributed by atoms with Gasteiger partial charge in [-0.15, -0.1) is 0 Å². The van der Waals surface area contributed by atoms with Gasteiger partial charge in [-0.05, 0) is 6.42 Å². The quantitative estimate of drug-likeness (QED) is 0.0659. The van der Waals surface area contributed by atoms with Crippen LogP contribution in [0.25, 0.3) is 0 Å². The van der Waals surface area contributed by atoms with Crippen LogP contribution in [0.5, 0.6) is 0 Å². The second-order valence-corrected chi connectivity index (χ2v) is 10.4. The first-order valence-electron chi connectivity index (χ1n) is 14.1. The third-order valence-corrected chi connectivity index (χ3v) is 6.77. The summed E-state index contributed by atoms with van der Waals surface area (Å²) < 4.78 is 202. The first kappa shape index (κ1) is 42.9. The van der Waals surface area contributed by atoms with Crippen LogP contribution in [-0.2, 0) is 14.3 Å². The van der Waals surface area contributed by atoms with Crippen LogP contribution < -0.4 is 5.32 Å². The molecular formula is C26H36F15NO3. The van der Waals surface area contributed by atoms with Crippen LogP contribution >= 0.6 is 0 Å². The van der Waals surface area contributed by atoms with E-state index in [1.807, 2.05) is 0 Å². The van der Waals surface area contributed by atoms with Gasteiger partial charge in [0, 0.05) is 0 Å². The summed E-state index contributed by atoms with van der Waals surface area (Å²) in [5.74, 6) is -53.8. The lowest BCUT2D eigenvalue weighted by Gasteiger charge is -2.41. The summed E-state index contributed by atoms with van der Waals surface area (Å²) in [6.07, 6.45) is 6.05. The first-order chi connectivity index (χ1) is 20.4. The Hall–Kier alpha value is -2.11. The van der Waals surface area contributed by atoms with Gasteiger partial charge in [-0.1, -0.05) is 90.4 Å². The number of carbonyl (C=O) groups is 2. The molecule has 0 unspecified atom stereocenters. The summed E-state index contributed by atoms with van der Waals surface area (Å²) in [6, 6.07) is 0. The van der Waals surface area contributed by atoms with Gasteiger partial charge < -0.3 is 10.1 Å². The topological polar surface area (TPSA) is 55.4 Å². The molecule has 4 nitrogen and oxygen atoms in total. The van der Waals surface area contributed by atoms with Crippen molar-refractivity contribution < 1.29 is 80.2 Å². The van der Waals surface area contributed by atoms with E-state index in [4.69, 9.17) is 0 Å². The van der Waals surface area contributed by atoms with Crippen LogP contribution in [0.1, 0.15) is 96.8 Å². The highest BCUT2D eigenvalue weighted by atomic mass is 19.4. The van der Waals surface area contributed by atoms with Gasteiger partial charge in [0.05, 0.1) is 6.61 Å². The Kier molecular flexibility index (Phi) is 16.4. The van der Waals surface area contributed by atoms with E-state index in [2.05, 4.69) is 11.7 Å². The van der Waals surface area contributed by atoms with Crippen molar-refractivity contribution in [2.75, 3.05) is 13.2 Å². The Morgan fingerprint density at radius 2 is 0.822 bits per heavy atom. The van der Waals surface area contributed by atoms with E-state index in [-0.39, 0.29) is 13.0 Å². The van der Waals surface area contributed by atoms with Gasteiger partial charge in [-0.3, -0.25) is 9.59 Å². The number of ether oxygens (including phenoxy) is 1. The van der Waals surface area contributed by atoms with Gasteiger partial charge in [0.25, 0.3) is 5.91 Å². The Balaban J connectivity index is 4.75. The number of hydrogen-bond donors (Lipinski definition) is 1. The minimum absolute atomic E-state index is 0.226. The molecule has 0 bridgehead atoms. The van der Waals surface area contributed by atoms with Gasteiger partial charge in [0.15, 0.2) is 0 Å². The van der Waals surface area contributed by atoms with Crippen molar-refractivity contribution in [3.8, 4) is 0 Å². The Bertz CT molecular complexity index is 909. The predicted octanol–water partition coefficient (Wildman–Crippen LogP) is 9.50. The third kappa shape index (κ3) is 10.4. The molecule has 0 aromatic rings. The van der Waals surface area contributed by atoms with E-state index in [9.17, 15) is 75.4 Å². The number of nitrogens with one attached hydrogen (secondary N) is 1. The van der Waals surface area contributed by atoms with E-state index in [0.29, 0.717) is 11.7 Å². The number of esters is 1. The molecule has 0 aromatic carbocycles. The van der Waals surface area contributed by atoms with E-state index >= 15 is 0 Å². The van der Waals surface area contributed by atoms with Crippen LogP contribution in [0, 0.1) is 0 Å². The summed E-state index contributed by atoms with van der Waals surface area (Å²) >= 11 is 0. The lowest BCUT2D eigenvalue weighted by atomic mass is 9.91. The monoisotopic (exact) mass is 695 g/mol. The zero-order chi connectivity index (χ0) is 35.4. The third-order valence-electron chi connectivity index (χ3n) is 6.77. The van der Waals surface area contributed by atoms with Crippen molar-refractivity contribution in [1.29, 1.82) is 0 Å². The second kappa shape index (κ2) is 17.2. The maximum absolute atomic E-state index is 13.8. The molecule has 0 fully saturated rings. The van der Waals surface area contributed by atoms with E-state index in [1.54, 1.807) is 0 Å². The number of unbranched alkanes of at least 4 members (excludes halogenated alkanes) is 13. The SMILES string of the molecule is CCCCCCCCCCCCCCCCOC(=O)CNC(=O)C(F)(F)C(F)(F)C(F)(F)C(F)(F)C(F)(F)C(F)(F)C(F)(F)F. The molecule has 0 radical (unpaired) electrons. The van der Waals surface area contributed by atoms with Crippen LogP contribution in [0.3, 0.4) is 0 Å². The lowest BCUT2D eigenvalue weighted by molar-refractivity contribution is -0.449. The molecule has 0 heterocycles. The van der Waals surface area contributed by atoms with Crippen LogP contribution in [0.4, 0.5) is 65.9 Å².